The van der Waals surface area contributed by atoms with Gasteiger partial charge in [0.05, 0.1) is 12.3 Å². The maximum atomic E-state index is 8.84. The number of pyridine rings is 2. The molecule has 0 aliphatic rings. The Hall–Kier alpha value is -3.78. The summed E-state index contributed by atoms with van der Waals surface area (Å²) in [4.78, 5) is 4.26. The second-order valence-electron chi connectivity index (χ2n) is 8.02. The maximum Gasteiger partial charge on any atom is 0.220 e. The zero-order valence-electron chi connectivity index (χ0n) is 19.1. The van der Waals surface area contributed by atoms with Gasteiger partial charge in [-0.1, -0.05) is 54.6 Å². The van der Waals surface area contributed by atoms with Crippen LogP contribution in [0.2, 0.25) is 0 Å². The number of aromatic nitrogens is 2. The largest absolute Gasteiger partial charge is 0.264 e. The average Bonchev–Trinajstić information content (AvgIpc) is 2.85. The molecule has 3 aromatic carbocycles. The lowest BCUT2D eigenvalue weighted by Crippen LogP contribution is -2.35. The van der Waals surface area contributed by atoms with Gasteiger partial charge in [-0.15, -0.1) is 0 Å². The lowest BCUT2D eigenvalue weighted by atomic mass is 9.93. The summed E-state index contributed by atoms with van der Waals surface area (Å²) in [6.45, 7) is 4.18. The molecular weight excluding hydrogens is 376 g/mol. The summed E-state index contributed by atoms with van der Waals surface area (Å²) in [5.41, 5.74) is 9.02. The van der Waals surface area contributed by atoms with Crippen LogP contribution >= 0.6 is 0 Å². The Bertz CT molecular complexity index is 1440. The van der Waals surface area contributed by atoms with Crippen molar-refractivity contribution < 1.29 is 5.94 Å². The van der Waals surface area contributed by atoms with Crippen molar-refractivity contribution in [2.75, 3.05) is 0 Å². The van der Waals surface area contributed by atoms with Crippen LogP contribution in [0.4, 0.5) is 0 Å². The van der Waals surface area contributed by atoms with Crippen LogP contribution < -0.4 is 4.57 Å². The first-order valence-corrected chi connectivity index (χ1v) is 10.5. The van der Waals surface area contributed by atoms with Gasteiger partial charge in [-0.05, 0) is 58.8 Å². The quantitative estimate of drug-likeness (QED) is 0.308. The van der Waals surface area contributed by atoms with Crippen molar-refractivity contribution in [3.8, 4) is 33.5 Å². The highest BCUT2D eigenvalue weighted by Crippen LogP contribution is 2.34. The van der Waals surface area contributed by atoms with Crippen LogP contribution in [-0.2, 0) is 7.05 Å². The van der Waals surface area contributed by atoms with Crippen molar-refractivity contribution in [2.45, 2.75) is 13.8 Å². The molecule has 0 bridgehead atoms. The van der Waals surface area contributed by atoms with E-state index in [2.05, 4.69) is 90.3 Å². The van der Waals surface area contributed by atoms with E-state index in [1.165, 1.54) is 22.3 Å². The molecule has 0 aliphatic heterocycles. The van der Waals surface area contributed by atoms with Crippen molar-refractivity contribution in [1.82, 2.24) is 4.98 Å². The zero-order valence-corrected chi connectivity index (χ0v) is 18.1. The summed E-state index contributed by atoms with van der Waals surface area (Å²) >= 11 is 0. The first-order chi connectivity index (χ1) is 15.5. The van der Waals surface area contributed by atoms with Gasteiger partial charge >= 0.3 is 0 Å². The van der Waals surface area contributed by atoms with Gasteiger partial charge in [-0.25, -0.2) is 0 Å². The van der Waals surface area contributed by atoms with Gasteiger partial charge in [0.25, 0.3) is 0 Å². The van der Waals surface area contributed by atoms with Gasteiger partial charge in [0, 0.05) is 30.9 Å². The van der Waals surface area contributed by atoms with Crippen LogP contribution in [0.5, 0.6) is 0 Å². The van der Waals surface area contributed by atoms with E-state index in [9.17, 15) is 0 Å². The Morgan fingerprint density at radius 2 is 1.52 bits per heavy atom. The van der Waals surface area contributed by atoms with Crippen molar-refractivity contribution in [2.24, 2.45) is 7.05 Å². The fourth-order valence-corrected chi connectivity index (χ4v) is 4.21. The van der Waals surface area contributed by atoms with Crippen LogP contribution in [-0.4, -0.2) is 4.98 Å². The van der Waals surface area contributed by atoms with Gasteiger partial charge in [-0.3, -0.25) is 4.98 Å². The molecule has 0 aliphatic carbocycles. The van der Waals surface area contributed by atoms with Crippen LogP contribution in [0.1, 0.15) is 12.6 Å². The molecule has 31 heavy (non-hydrogen) atoms. The molecule has 0 saturated heterocycles. The summed E-state index contributed by atoms with van der Waals surface area (Å²) in [5, 5.41) is 2.05. The Balaban J connectivity index is 1.78. The van der Waals surface area contributed by atoms with E-state index < -0.39 is 0 Å². The third-order valence-corrected chi connectivity index (χ3v) is 6.02. The summed E-state index contributed by atoms with van der Waals surface area (Å²) < 4.78 is 11.0. The van der Waals surface area contributed by atoms with Crippen molar-refractivity contribution in [3.63, 3.8) is 0 Å². The Labute approximate surface area is 184 Å². The second-order valence-corrected chi connectivity index (χ2v) is 8.02. The lowest BCUT2D eigenvalue weighted by molar-refractivity contribution is -0.665. The van der Waals surface area contributed by atoms with E-state index in [4.69, 9.17) is 1.37 Å². The van der Waals surface area contributed by atoms with Crippen molar-refractivity contribution >= 4 is 10.8 Å². The minimum atomic E-state index is 0.564. The highest BCUT2D eigenvalue weighted by molar-refractivity contribution is 5.96. The van der Waals surface area contributed by atoms with Gasteiger partial charge in [-0.2, -0.15) is 4.57 Å². The van der Waals surface area contributed by atoms with Gasteiger partial charge in [0.15, 0.2) is 5.69 Å². The molecular formula is C29H25N2+. The average molecular weight is 403 g/mol. The first kappa shape index (κ1) is 18.0. The topological polar surface area (TPSA) is 16.8 Å². The molecule has 2 nitrogen and oxygen atoms in total. The van der Waals surface area contributed by atoms with E-state index >= 15 is 0 Å². The first-order valence-electron chi connectivity index (χ1n) is 11.0. The number of aryl methyl sites for hydroxylation is 1. The molecule has 150 valence electrons. The molecule has 0 radical (unpaired) electrons. The molecule has 0 unspecified atom stereocenters. The van der Waals surface area contributed by atoms with Crippen molar-refractivity contribution in [1.29, 1.82) is 0 Å². The molecule has 0 N–H and O–H groups in total. The SMILES string of the molecule is [2H]c1c(C)[n+](C)c(-c2cc(-c3ccccc3)ccc2C)c2ccc(-c3cccnc3)cc12. The Morgan fingerprint density at radius 1 is 0.774 bits per heavy atom. The number of fused-ring (bicyclic) bond motifs is 1. The molecule has 2 heteroatoms. The molecule has 0 saturated carbocycles. The summed E-state index contributed by atoms with van der Waals surface area (Å²) in [6, 6.07) is 28.1. The molecule has 5 rings (SSSR count). The standard InChI is InChI=1S/C29H25N2/c1-20-11-12-24(22-8-5-4-6-9-22)18-28(20)29-27-14-13-23(25-10-7-15-30-19-25)17-26(27)16-21(2)31(29)3/h4-19H,1-3H3/q+1/i16D. The number of nitrogens with zero attached hydrogens (tertiary/aromatic N) is 2. The smallest absolute Gasteiger partial charge is 0.220 e. The van der Waals surface area contributed by atoms with Crippen LogP contribution in [0.3, 0.4) is 0 Å². The lowest BCUT2D eigenvalue weighted by Gasteiger charge is -2.13. The van der Waals surface area contributed by atoms with Crippen molar-refractivity contribution in [3.05, 3.63) is 109 Å². The van der Waals surface area contributed by atoms with E-state index in [0.29, 0.717) is 6.04 Å². The van der Waals surface area contributed by atoms with E-state index in [-0.39, 0.29) is 0 Å². The third-order valence-electron chi connectivity index (χ3n) is 6.02. The molecule has 2 heterocycles. The number of hydrogen-bond acceptors (Lipinski definition) is 1. The van der Waals surface area contributed by atoms with E-state index in [0.717, 1.165) is 33.3 Å². The predicted molar refractivity (Wildman–Crippen MR) is 129 cm³/mol. The van der Waals surface area contributed by atoms with Gasteiger partial charge < -0.3 is 0 Å². The van der Waals surface area contributed by atoms with Crippen LogP contribution in [0.25, 0.3) is 44.3 Å². The highest BCUT2D eigenvalue weighted by atomic mass is 14.9. The fourth-order valence-electron chi connectivity index (χ4n) is 4.21. The monoisotopic (exact) mass is 402 g/mol. The van der Waals surface area contributed by atoms with Gasteiger partial charge in [0.1, 0.15) is 7.05 Å². The maximum absolute atomic E-state index is 8.84. The molecule has 0 fully saturated rings. The fraction of sp³-hybridized carbons (Fsp3) is 0.103. The van der Waals surface area contributed by atoms with Gasteiger partial charge in [0.2, 0.25) is 5.69 Å². The van der Waals surface area contributed by atoms with Crippen LogP contribution in [0.15, 0.2) is 97.3 Å². The molecule has 0 amide bonds. The summed E-state index contributed by atoms with van der Waals surface area (Å²) in [7, 11) is 2.06. The molecule has 2 aromatic heterocycles. The Morgan fingerprint density at radius 3 is 2.29 bits per heavy atom. The third kappa shape index (κ3) is 3.51. The minimum absolute atomic E-state index is 0.564. The highest BCUT2D eigenvalue weighted by Gasteiger charge is 2.20. The molecule has 0 spiro atoms. The number of benzene rings is 3. The summed E-state index contributed by atoms with van der Waals surface area (Å²) in [6.07, 6.45) is 3.65. The summed E-state index contributed by atoms with van der Waals surface area (Å²) in [5.74, 6) is 0. The Kier molecular flexibility index (Phi) is 4.54. The molecule has 0 atom stereocenters. The van der Waals surface area contributed by atoms with E-state index in [1.54, 1.807) is 6.20 Å². The second kappa shape index (κ2) is 7.81. The number of rotatable bonds is 3. The zero-order chi connectivity index (χ0) is 22.2. The predicted octanol–water partition coefficient (Wildman–Crippen LogP) is 6.68. The molecule has 5 aromatic rings. The number of hydrogen-bond donors (Lipinski definition) is 0. The van der Waals surface area contributed by atoms with E-state index in [1.807, 2.05) is 25.3 Å². The normalized spacial score (nSPS) is 11.5. The van der Waals surface area contributed by atoms with Crippen LogP contribution in [0, 0.1) is 13.8 Å². The minimum Gasteiger partial charge on any atom is -0.264 e.